The molecule has 1 unspecified atom stereocenters. The van der Waals surface area contributed by atoms with Crippen molar-refractivity contribution in [3.8, 4) is 11.4 Å². The van der Waals surface area contributed by atoms with Gasteiger partial charge in [-0.1, -0.05) is 43.0 Å². The molecule has 1 amide bonds. The first-order valence-corrected chi connectivity index (χ1v) is 10.3. The number of rotatable bonds is 8. The molecule has 28 heavy (non-hydrogen) atoms. The lowest BCUT2D eigenvalue weighted by molar-refractivity contribution is -0.164. The largest absolute Gasteiger partial charge is 0.406 e. The van der Waals surface area contributed by atoms with Gasteiger partial charge in [-0.15, -0.1) is 5.10 Å². The van der Waals surface area contributed by atoms with Crippen LogP contribution >= 0.6 is 11.8 Å². The van der Waals surface area contributed by atoms with Crippen LogP contribution < -0.4 is 0 Å². The molecule has 1 aromatic heterocycles. The van der Waals surface area contributed by atoms with Crippen LogP contribution in [0.3, 0.4) is 0 Å². The van der Waals surface area contributed by atoms with E-state index in [1.54, 1.807) is 6.92 Å². The minimum absolute atomic E-state index is 0.126. The molecular formula is C19H23F3N4OS. The van der Waals surface area contributed by atoms with Crippen molar-refractivity contribution in [2.45, 2.75) is 50.5 Å². The second-order valence-corrected chi connectivity index (χ2v) is 7.96. The van der Waals surface area contributed by atoms with Gasteiger partial charge in [0.15, 0.2) is 5.82 Å². The molecule has 1 fully saturated rings. The fourth-order valence-corrected chi connectivity index (χ4v) is 3.72. The highest BCUT2D eigenvalue weighted by molar-refractivity contribution is 7.99. The zero-order valence-electron chi connectivity index (χ0n) is 15.8. The first kappa shape index (κ1) is 20.7. The van der Waals surface area contributed by atoms with Crippen LogP contribution in [0.2, 0.25) is 0 Å². The average Bonchev–Trinajstić information content (AvgIpc) is 3.41. The fraction of sp³-hybridized carbons (Fsp3) is 0.526. The van der Waals surface area contributed by atoms with Gasteiger partial charge in [-0.25, -0.2) is 4.98 Å². The van der Waals surface area contributed by atoms with E-state index in [2.05, 4.69) is 22.1 Å². The minimum Gasteiger partial charge on any atom is -0.330 e. The van der Waals surface area contributed by atoms with Crippen LogP contribution in [0.15, 0.2) is 29.4 Å². The van der Waals surface area contributed by atoms with Gasteiger partial charge < -0.3 is 4.90 Å². The summed E-state index contributed by atoms with van der Waals surface area (Å²) in [4.78, 5) is 17.7. The Balaban J connectivity index is 1.61. The third-order valence-electron chi connectivity index (χ3n) is 4.89. The molecule has 0 aliphatic heterocycles. The summed E-state index contributed by atoms with van der Waals surface area (Å²) < 4.78 is 38.7. The average molecular weight is 412 g/mol. The van der Waals surface area contributed by atoms with Crippen LogP contribution in [0, 0.1) is 5.92 Å². The van der Waals surface area contributed by atoms with Crippen LogP contribution in [0.4, 0.5) is 13.2 Å². The second-order valence-electron chi connectivity index (χ2n) is 7.02. The van der Waals surface area contributed by atoms with E-state index in [4.69, 9.17) is 0 Å². The molecule has 0 radical (unpaired) electrons. The van der Waals surface area contributed by atoms with E-state index < -0.39 is 24.7 Å². The maximum Gasteiger partial charge on any atom is 0.406 e. The smallest absolute Gasteiger partial charge is 0.330 e. The van der Waals surface area contributed by atoms with Crippen molar-refractivity contribution in [2.75, 3.05) is 12.3 Å². The van der Waals surface area contributed by atoms with Gasteiger partial charge in [0, 0.05) is 11.6 Å². The third-order valence-corrected chi connectivity index (χ3v) is 5.72. The Morgan fingerprint density at radius 3 is 2.57 bits per heavy atom. The van der Waals surface area contributed by atoms with Gasteiger partial charge in [0.25, 0.3) is 0 Å². The van der Waals surface area contributed by atoms with Gasteiger partial charge in [0.05, 0.1) is 5.75 Å². The zero-order chi connectivity index (χ0) is 20.3. The molecule has 1 atom stereocenters. The summed E-state index contributed by atoms with van der Waals surface area (Å²) >= 11 is 1.04. The molecule has 1 aromatic carbocycles. The van der Waals surface area contributed by atoms with Crippen molar-refractivity contribution in [3.05, 3.63) is 29.8 Å². The number of halogens is 3. The van der Waals surface area contributed by atoms with Crippen molar-refractivity contribution in [3.63, 3.8) is 0 Å². The molecule has 152 valence electrons. The first-order valence-electron chi connectivity index (χ1n) is 9.27. The molecule has 5 nitrogen and oxygen atoms in total. The number of nitrogens with zero attached hydrogens (tertiary/aromatic N) is 3. The van der Waals surface area contributed by atoms with Crippen molar-refractivity contribution < 1.29 is 18.0 Å². The topological polar surface area (TPSA) is 61.9 Å². The number of amides is 1. The predicted molar refractivity (Wildman–Crippen MR) is 102 cm³/mol. The number of carbonyl (C=O) groups is 1. The summed E-state index contributed by atoms with van der Waals surface area (Å²) in [6, 6.07) is 7.46. The van der Waals surface area contributed by atoms with Crippen LogP contribution in [0.5, 0.6) is 0 Å². The number of aromatic amines is 1. The van der Waals surface area contributed by atoms with Gasteiger partial charge in [0.2, 0.25) is 11.1 Å². The van der Waals surface area contributed by atoms with Gasteiger partial charge in [-0.05, 0) is 37.7 Å². The summed E-state index contributed by atoms with van der Waals surface area (Å²) in [5.41, 5.74) is 2.07. The maximum absolute atomic E-state index is 12.9. The molecule has 3 rings (SSSR count). The zero-order valence-corrected chi connectivity index (χ0v) is 16.6. The Morgan fingerprint density at radius 1 is 1.32 bits per heavy atom. The number of hydrogen-bond donors (Lipinski definition) is 1. The Bertz CT molecular complexity index is 802. The first-order chi connectivity index (χ1) is 13.3. The minimum atomic E-state index is -4.41. The Hall–Kier alpha value is -2.03. The summed E-state index contributed by atoms with van der Waals surface area (Å²) in [7, 11) is 0. The number of aryl methyl sites for hydroxylation is 1. The summed E-state index contributed by atoms with van der Waals surface area (Å²) in [6.45, 7) is 2.55. The van der Waals surface area contributed by atoms with Crippen molar-refractivity contribution in [1.82, 2.24) is 20.1 Å². The lowest BCUT2D eigenvalue weighted by atomic mass is 10.1. The number of alkyl halides is 3. The number of aromatic nitrogens is 3. The highest BCUT2D eigenvalue weighted by Crippen LogP contribution is 2.36. The van der Waals surface area contributed by atoms with Crippen molar-refractivity contribution >= 4 is 17.7 Å². The lowest BCUT2D eigenvalue weighted by Crippen LogP contribution is -2.46. The number of thioether (sulfide) groups is 1. The molecule has 1 N–H and O–H groups in total. The number of benzene rings is 1. The summed E-state index contributed by atoms with van der Waals surface area (Å²) in [6.07, 6.45) is -1.73. The molecule has 0 bridgehead atoms. The van der Waals surface area contributed by atoms with E-state index in [-0.39, 0.29) is 11.7 Å². The third kappa shape index (κ3) is 5.50. The highest BCUT2D eigenvalue weighted by atomic mass is 32.2. The van der Waals surface area contributed by atoms with E-state index in [0.717, 1.165) is 41.5 Å². The highest BCUT2D eigenvalue weighted by Gasteiger charge is 2.40. The number of nitrogens with one attached hydrogen (secondary N) is 1. The molecule has 1 saturated carbocycles. The van der Waals surface area contributed by atoms with Crippen LogP contribution in [0.1, 0.15) is 32.3 Å². The monoisotopic (exact) mass is 412 g/mol. The molecule has 9 heteroatoms. The van der Waals surface area contributed by atoms with Crippen molar-refractivity contribution in [2.24, 2.45) is 5.92 Å². The molecule has 1 heterocycles. The van der Waals surface area contributed by atoms with Crippen LogP contribution in [-0.2, 0) is 11.2 Å². The fourth-order valence-electron chi connectivity index (χ4n) is 3.03. The standard InChI is InChI=1S/C19H23F3N4OS/c1-3-13-4-6-15(7-5-13)17-23-18(25-24-17)28-10-16(27)26(11-19(20,21)22)12(2)14-8-9-14/h4-7,12,14H,3,8-11H2,1-2H3,(H,23,24,25). The van der Waals surface area contributed by atoms with E-state index in [9.17, 15) is 18.0 Å². The number of hydrogen-bond acceptors (Lipinski definition) is 4. The van der Waals surface area contributed by atoms with Crippen LogP contribution in [-0.4, -0.2) is 50.5 Å². The van der Waals surface area contributed by atoms with Gasteiger partial charge in [0.1, 0.15) is 6.54 Å². The van der Waals surface area contributed by atoms with Gasteiger partial charge in [-0.2, -0.15) is 13.2 Å². The van der Waals surface area contributed by atoms with Gasteiger partial charge >= 0.3 is 6.18 Å². The molecule has 0 spiro atoms. The van der Waals surface area contributed by atoms with E-state index in [1.165, 1.54) is 5.56 Å². The number of carbonyl (C=O) groups excluding carboxylic acids is 1. The molecule has 2 aromatic rings. The second kappa shape index (κ2) is 8.55. The summed E-state index contributed by atoms with van der Waals surface area (Å²) in [5.74, 6) is 0.0631. The normalized spacial score (nSPS) is 15.5. The summed E-state index contributed by atoms with van der Waals surface area (Å²) in [5, 5.41) is 7.22. The van der Waals surface area contributed by atoms with E-state index in [1.807, 2.05) is 24.3 Å². The predicted octanol–water partition coefficient (Wildman–Crippen LogP) is 4.32. The van der Waals surface area contributed by atoms with Crippen molar-refractivity contribution in [1.29, 1.82) is 0 Å². The maximum atomic E-state index is 12.9. The molecule has 1 aliphatic carbocycles. The van der Waals surface area contributed by atoms with E-state index >= 15 is 0 Å². The SMILES string of the molecule is CCc1ccc(-c2nc(SCC(=O)N(CC(F)(F)F)C(C)C3CC3)n[nH]2)cc1. The van der Waals surface area contributed by atoms with Gasteiger partial charge in [-0.3, -0.25) is 9.89 Å². The molecule has 0 saturated heterocycles. The lowest BCUT2D eigenvalue weighted by Gasteiger charge is -2.30. The number of H-pyrrole nitrogens is 1. The molecular weight excluding hydrogens is 389 g/mol. The van der Waals surface area contributed by atoms with Crippen LogP contribution in [0.25, 0.3) is 11.4 Å². The Labute approximate surface area is 166 Å². The Morgan fingerprint density at radius 2 is 2.00 bits per heavy atom. The quantitative estimate of drug-likeness (QED) is 0.656. The van der Waals surface area contributed by atoms with E-state index in [0.29, 0.717) is 11.0 Å². The Kier molecular flexibility index (Phi) is 6.32. The molecule has 1 aliphatic rings.